The maximum Gasteiger partial charge on any atom is 0.269 e. The summed E-state index contributed by atoms with van der Waals surface area (Å²) >= 11 is 0. The third kappa shape index (κ3) is 5.25. The summed E-state index contributed by atoms with van der Waals surface area (Å²) in [6.07, 6.45) is 3.61. The number of halogens is 3. The Bertz CT molecular complexity index is 2430. The first-order chi connectivity index (χ1) is 22.7. The number of carbonyl (C=O) groups excluding carboxylic acids is 1. The summed E-state index contributed by atoms with van der Waals surface area (Å²) < 4.78 is 89.5. The third-order valence-corrected chi connectivity index (χ3v) is 10.2. The molecule has 0 aromatic heterocycles. The van der Waals surface area contributed by atoms with Crippen molar-refractivity contribution in [2.24, 2.45) is 5.11 Å². The van der Waals surface area contributed by atoms with Crippen LogP contribution in [-0.2, 0) is 10.1 Å². The molecule has 0 fully saturated rings. The molecule has 0 atom stereocenters. The molecular weight excluding hydrogens is 663 g/mol. The number of anilines is 1. The standard InChI is InChI=1S/C34H30F3N5O6S/c1-15-12-33(2,3)41(6)21-10-23-19(8-17(15)21)25(26-27(32(43)44)28(35)30(37)31(29(26)36)39-40-38)20-9-18-16(14-49(45,46)47)13-34(4,5)42(7)22(18)11-24(20)48-23/h8-13H,14H2,1-7H3,(H-,43,44,45,46,47). The summed E-state index contributed by atoms with van der Waals surface area (Å²) in [5, 5.41) is 15.9. The van der Waals surface area contributed by atoms with E-state index in [1.165, 1.54) is 12.1 Å². The van der Waals surface area contributed by atoms with Crippen LogP contribution in [0.1, 0.15) is 67.2 Å². The number of nitrogens with zero attached hydrogens (tertiary/aromatic N) is 5. The summed E-state index contributed by atoms with van der Waals surface area (Å²) in [5.74, 6) is -8.59. The molecule has 0 aliphatic carbocycles. The molecule has 1 N–H and O–H groups in total. The number of aromatic carboxylic acids is 1. The smallest absolute Gasteiger partial charge is 0.269 e. The Morgan fingerprint density at radius 2 is 1.71 bits per heavy atom. The van der Waals surface area contributed by atoms with Gasteiger partial charge in [0, 0.05) is 70.6 Å². The number of benzene rings is 3. The van der Waals surface area contributed by atoms with Gasteiger partial charge in [0.25, 0.3) is 10.1 Å². The number of carboxylic acid groups (broad SMARTS) is 1. The van der Waals surface area contributed by atoms with Crippen LogP contribution in [0.3, 0.4) is 0 Å². The Kier molecular flexibility index (Phi) is 7.55. The molecule has 0 saturated heterocycles. The van der Waals surface area contributed by atoms with Gasteiger partial charge in [-0.1, -0.05) is 11.2 Å². The fourth-order valence-electron chi connectivity index (χ4n) is 6.81. The van der Waals surface area contributed by atoms with Crippen molar-refractivity contribution in [2.75, 3.05) is 24.7 Å². The number of ether oxygens (including phenoxy) is 1. The molecular formula is C34H30F3N5O6S. The fraction of sp³-hybridized carbons (Fsp3) is 0.294. The quantitative estimate of drug-likeness (QED) is 0.0801. The molecule has 3 aliphatic rings. The minimum absolute atomic E-state index is 0.0223. The number of hydrogen-bond donors (Lipinski definition) is 1. The molecule has 0 unspecified atom stereocenters. The zero-order chi connectivity index (χ0) is 36.1. The van der Waals surface area contributed by atoms with E-state index in [-0.39, 0.29) is 39.0 Å². The van der Waals surface area contributed by atoms with Crippen LogP contribution in [-0.4, -0.2) is 49.9 Å². The van der Waals surface area contributed by atoms with Crippen molar-refractivity contribution in [1.82, 2.24) is 4.58 Å². The van der Waals surface area contributed by atoms with Crippen LogP contribution in [0.5, 0.6) is 11.5 Å². The van der Waals surface area contributed by atoms with E-state index < -0.39 is 67.2 Å². The first-order valence-corrected chi connectivity index (χ1v) is 16.5. The molecule has 0 bridgehead atoms. The van der Waals surface area contributed by atoms with Crippen molar-refractivity contribution in [3.8, 4) is 11.5 Å². The van der Waals surface area contributed by atoms with Crippen molar-refractivity contribution in [3.63, 3.8) is 0 Å². The molecule has 3 aliphatic heterocycles. The number of carboxylic acids is 1. The Morgan fingerprint density at radius 1 is 1.04 bits per heavy atom. The van der Waals surface area contributed by atoms with Gasteiger partial charge >= 0.3 is 0 Å². The molecule has 11 nitrogen and oxygen atoms in total. The average molecular weight is 694 g/mol. The summed E-state index contributed by atoms with van der Waals surface area (Å²) in [4.78, 5) is 16.9. The van der Waals surface area contributed by atoms with Crippen molar-refractivity contribution in [1.29, 1.82) is 0 Å². The lowest BCUT2D eigenvalue weighted by Gasteiger charge is -2.41. The van der Waals surface area contributed by atoms with E-state index in [0.717, 1.165) is 5.57 Å². The predicted octanol–water partition coefficient (Wildman–Crippen LogP) is 4.58. The molecule has 0 radical (unpaired) electrons. The first kappa shape index (κ1) is 33.8. The van der Waals surface area contributed by atoms with Gasteiger partial charge in [0.05, 0.1) is 23.1 Å². The normalized spacial score (nSPS) is 17.1. The summed E-state index contributed by atoms with van der Waals surface area (Å²) in [6.45, 7) is 9.46. The number of allylic oxidation sites excluding steroid dienone is 1. The molecule has 254 valence electrons. The highest BCUT2D eigenvalue weighted by Crippen LogP contribution is 2.47. The Morgan fingerprint density at radius 3 is 2.33 bits per heavy atom. The van der Waals surface area contributed by atoms with Gasteiger partial charge in [-0.3, -0.25) is 4.55 Å². The minimum Gasteiger partial charge on any atom is -0.545 e. The summed E-state index contributed by atoms with van der Waals surface area (Å²) in [7, 11) is -0.964. The maximum atomic E-state index is 16.5. The van der Waals surface area contributed by atoms with Gasteiger partial charge in [-0.15, -0.1) is 0 Å². The third-order valence-electron chi connectivity index (χ3n) is 9.51. The second kappa shape index (κ2) is 11.0. The summed E-state index contributed by atoms with van der Waals surface area (Å²) in [5.41, 5.74) is 6.41. The number of likely N-dealkylation sites (N-methyl/N-ethyl adjacent to an activating group) is 2. The van der Waals surface area contributed by atoms with Gasteiger partial charge in [-0.05, 0) is 55.7 Å². The monoisotopic (exact) mass is 693 g/mol. The van der Waals surface area contributed by atoms with Crippen LogP contribution >= 0.6 is 0 Å². The molecule has 3 heterocycles. The number of fused-ring (bicyclic) bond motifs is 4. The van der Waals surface area contributed by atoms with Gasteiger partial charge in [0.15, 0.2) is 17.2 Å². The van der Waals surface area contributed by atoms with E-state index in [2.05, 4.69) is 10.0 Å². The Balaban J connectivity index is 1.87. The van der Waals surface area contributed by atoms with Gasteiger partial charge < -0.3 is 19.5 Å². The topological polar surface area (TPSA) is 159 Å². The van der Waals surface area contributed by atoms with Gasteiger partial charge in [-0.2, -0.15) is 8.42 Å². The molecule has 0 amide bonds. The Hall–Kier alpha value is -5.11. The van der Waals surface area contributed by atoms with E-state index in [9.17, 15) is 22.9 Å². The van der Waals surface area contributed by atoms with Crippen LogP contribution in [0.25, 0.3) is 27.2 Å². The highest BCUT2D eigenvalue weighted by molar-refractivity contribution is 7.86. The second-order valence-corrected chi connectivity index (χ2v) is 14.8. The molecule has 15 heteroatoms. The van der Waals surface area contributed by atoms with Crippen LogP contribution in [0.4, 0.5) is 24.5 Å². The predicted molar refractivity (Wildman–Crippen MR) is 175 cm³/mol. The number of carbonyl (C=O) groups is 1. The SMILES string of the molecule is CC1=CC(C)(C)N(C)c2cc3c(cc21)C(c1c(F)c(N=[N+]=[N-])c(F)c(F)c1C(=O)[O-])=c1cc2c(cc1O3)=[N+](C)C(C)(C)C=C2CS(=O)(=O)O. The zero-order valence-electron chi connectivity index (χ0n) is 27.4. The molecule has 6 rings (SSSR count). The number of hydrogen-bond acceptors (Lipinski definition) is 7. The molecule has 49 heavy (non-hydrogen) atoms. The maximum absolute atomic E-state index is 16.5. The number of azide groups is 1. The van der Waals surface area contributed by atoms with Gasteiger partial charge in [0.1, 0.15) is 35.8 Å². The van der Waals surface area contributed by atoms with E-state index in [1.807, 2.05) is 57.2 Å². The molecule has 0 spiro atoms. The van der Waals surface area contributed by atoms with Crippen LogP contribution in [0.2, 0.25) is 0 Å². The van der Waals surface area contributed by atoms with Crippen molar-refractivity contribution in [3.05, 3.63) is 103 Å². The van der Waals surface area contributed by atoms with E-state index >= 15 is 13.2 Å². The second-order valence-electron chi connectivity index (χ2n) is 13.4. The average Bonchev–Trinajstić information content (AvgIpc) is 2.99. The van der Waals surface area contributed by atoms with Crippen molar-refractivity contribution >= 4 is 44.2 Å². The Labute approximate surface area is 278 Å². The highest BCUT2D eigenvalue weighted by atomic mass is 32.2. The van der Waals surface area contributed by atoms with Gasteiger partial charge in [-0.25, -0.2) is 17.7 Å². The van der Waals surface area contributed by atoms with Crippen LogP contribution < -0.4 is 29.9 Å². The molecule has 0 saturated carbocycles. The van der Waals surface area contributed by atoms with Crippen LogP contribution in [0.15, 0.2) is 41.5 Å². The fourth-order valence-corrected chi connectivity index (χ4v) is 7.44. The van der Waals surface area contributed by atoms with Crippen molar-refractivity contribution < 1.29 is 40.8 Å². The van der Waals surface area contributed by atoms with E-state index in [1.54, 1.807) is 25.3 Å². The van der Waals surface area contributed by atoms with Crippen molar-refractivity contribution in [2.45, 2.75) is 45.7 Å². The van der Waals surface area contributed by atoms with Crippen LogP contribution in [0, 0.1) is 17.5 Å². The summed E-state index contributed by atoms with van der Waals surface area (Å²) in [6, 6.07) is 6.23. The number of rotatable bonds is 5. The van der Waals surface area contributed by atoms with E-state index in [0.29, 0.717) is 16.6 Å². The highest BCUT2D eigenvalue weighted by Gasteiger charge is 2.38. The first-order valence-electron chi connectivity index (χ1n) is 14.9. The lowest BCUT2D eigenvalue weighted by atomic mass is 9.83. The molecule has 3 aromatic carbocycles. The zero-order valence-corrected chi connectivity index (χ0v) is 28.3. The minimum atomic E-state index is -4.57. The van der Waals surface area contributed by atoms with Gasteiger partial charge in [0.2, 0.25) is 5.36 Å². The lowest BCUT2D eigenvalue weighted by molar-refractivity contribution is -0.255. The largest absolute Gasteiger partial charge is 0.545 e. The molecule has 3 aromatic rings. The van der Waals surface area contributed by atoms with E-state index in [4.69, 9.17) is 10.3 Å². The lowest BCUT2D eigenvalue weighted by Crippen LogP contribution is -2.47.